The molecule has 4 aromatic rings. The molecule has 0 aliphatic heterocycles. The van der Waals surface area contributed by atoms with Crippen LogP contribution in [0.2, 0.25) is 0 Å². The minimum Gasteiger partial charge on any atom is -0.497 e. The Morgan fingerprint density at radius 1 is 1.21 bits per heavy atom. The van der Waals surface area contributed by atoms with E-state index in [4.69, 9.17) is 4.74 Å². The zero-order chi connectivity index (χ0) is 20.2. The molecule has 0 atom stereocenters. The number of pyridine rings is 1. The number of thiophene rings is 1. The molecule has 1 N–H and O–H groups in total. The molecule has 1 amide bonds. The summed E-state index contributed by atoms with van der Waals surface area (Å²) in [4.78, 5) is 17.2. The van der Waals surface area contributed by atoms with E-state index in [1.165, 1.54) is 0 Å². The number of benzene rings is 1. The number of fused-ring (bicyclic) bond motifs is 1. The van der Waals surface area contributed by atoms with Crippen molar-refractivity contribution in [3.63, 3.8) is 0 Å². The molecule has 3 aromatic heterocycles. The molecule has 29 heavy (non-hydrogen) atoms. The highest BCUT2D eigenvalue weighted by Crippen LogP contribution is 2.33. The van der Waals surface area contributed by atoms with Gasteiger partial charge in [-0.2, -0.15) is 0 Å². The molecule has 5 nitrogen and oxygen atoms in total. The first kappa shape index (κ1) is 19.7. The van der Waals surface area contributed by atoms with Gasteiger partial charge in [0, 0.05) is 31.4 Å². The fourth-order valence-electron chi connectivity index (χ4n) is 3.22. The van der Waals surface area contributed by atoms with Crippen molar-refractivity contribution in [2.75, 3.05) is 13.7 Å². The van der Waals surface area contributed by atoms with E-state index in [1.54, 1.807) is 24.6 Å². The smallest absolute Gasteiger partial charge is 0.267 e. The summed E-state index contributed by atoms with van der Waals surface area (Å²) in [6.45, 7) is 1.15. The molecule has 0 spiro atoms. The number of nitrogens with zero attached hydrogens (tertiary/aromatic N) is 2. The van der Waals surface area contributed by atoms with Crippen molar-refractivity contribution in [1.29, 1.82) is 0 Å². The number of ether oxygens (including phenoxy) is 1. The lowest BCUT2D eigenvalue weighted by Crippen LogP contribution is -2.28. The van der Waals surface area contributed by atoms with Crippen LogP contribution in [0.1, 0.15) is 21.7 Å². The third kappa shape index (κ3) is 4.52. The molecule has 0 saturated carbocycles. The second kappa shape index (κ2) is 8.80. The highest BCUT2D eigenvalue weighted by molar-refractivity contribution is 9.11. The van der Waals surface area contributed by atoms with Gasteiger partial charge in [-0.25, -0.2) is 0 Å². The zero-order valence-corrected chi connectivity index (χ0v) is 18.3. The Hall–Kier alpha value is -2.64. The Labute approximate surface area is 181 Å². The molecule has 4 rings (SSSR count). The average Bonchev–Trinajstić information content (AvgIpc) is 3.26. The van der Waals surface area contributed by atoms with E-state index >= 15 is 0 Å². The Kier molecular flexibility index (Phi) is 5.97. The van der Waals surface area contributed by atoms with E-state index < -0.39 is 0 Å². The summed E-state index contributed by atoms with van der Waals surface area (Å²) >= 11 is 5.18. The fraction of sp³-hybridized carbons (Fsp3) is 0.182. The number of carbonyl (C=O) groups is 1. The van der Waals surface area contributed by atoms with Gasteiger partial charge in [-0.1, -0.05) is 18.2 Å². The second-order valence-corrected chi connectivity index (χ2v) is 9.05. The predicted octanol–water partition coefficient (Wildman–Crippen LogP) is 4.89. The van der Waals surface area contributed by atoms with Crippen LogP contribution in [0.15, 0.2) is 64.6 Å². The van der Waals surface area contributed by atoms with E-state index in [0.717, 1.165) is 31.0 Å². The van der Waals surface area contributed by atoms with Crippen LogP contribution in [0, 0.1) is 0 Å². The Morgan fingerprint density at radius 3 is 2.76 bits per heavy atom. The van der Waals surface area contributed by atoms with Gasteiger partial charge in [0.05, 0.1) is 21.1 Å². The lowest BCUT2D eigenvalue weighted by molar-refractivity contribution is 0.0945. The number of hydrogen-bond acceptors (Lipinski definition) is 4. The maximum atomic E-state index is 12.9. The third-order valence-corrected chi connectivity index (χ3v) is 6.26. The number of aromatic nitrogens is 2. The number of halogens is 1. The number of carbonyl (C=O) groups excluding carboxylic acids is 1. The number of hydrogen-bond donors (Lipinski definition) is 1. The Morgan fingerprint density at radius 2 is 2.03 bits per heavy atom. The highest BCUT2D eigenvalue weighted by Gasteiger charge is 2.18. The van der Waals surface area contributed by atoms with Crippen molar-refractivity contribution >= 4 is 43.4 Å². The summed E-state index contributed by atoms with van der Waals surface area (Å²) < 4.78 is 9.44. The van der Waals surface area contributed by atoms with Crippen molar-refractivity contribution in [3.05, 3.63) is 81.5 Å². The number of amides is 1. The molecule has 7 heteroatoms. The first-order chi connectivity index (χ1) is 14.1. The fourth-order valence-corrected chi connectivity index (χ4v) is 4.79. The summed E-state index contributed by atoms with van der Waals surface area (Å²) in [5.74, 6) is 0.742. The maximum absolute atomic E-state index is 12.9. The molecule has 0 aliphatic rings. The largest absolute Gasteiger partial charge is 0.497 e. The standard InChI is InChI=1S/C22H20BrN3O2S/c1-28-17-7-5-15(6-8-17)14-26-18-13-21(23)29-20(18)12-19(26)22(27)25-11-9-16-4-2-3-10-24-16/h2-8,10,12-13H,9,11,14H2,1H3,(H,25,27). The van der Waals surface area contributed by atoms with Gasteiger partial charge in [0.1, 0.15) is 11.4 Å². The quantitative estimate of drug-likeness (QED) is 0.419. The lowest BCUT2D eigenvalue weighted by atomic mass is 10.2. The molecular formula is C22H20BrN3O2S. The van der Waals surface area contributed by atoms with Crippen molar-refractivity contribution in [2.45, 2.75) is 13.0 Å². The molecule has 0 aliphatic carbocycles. The minimum atomic E-state index is -0.0750. The summed E-state index contributed by atoms with van der Waals surface area (Å²) in [6, 6.07) is 17.8. The number of methoxy groups -OCH3 is 1. The Bertz CT molecular complexity index is 1120. The average molecular weight is 470 g/mol. The van der Waals surface area contributed by atoms with Crippen molar-refractivity contribution in [2.24, 2.45) is 0 Å². The first-order valence-electron chi connectivity index (χ1n) is 9.23. The summed E-state index contributed by atoms with van der Waals surface area (Å²) in [5, 5.41) is 3.03. The van der Waals surface area contributed by atoms with Crippen LogP contribution in [-0.4, -0.2) is 29.1 Å². The van der Waals surface area contributed by atoms with Gasteiger partial charge < -0.3 is 14.6 Å². The van der Waals surface area contributed by atoms with Gasteiger partial charge in [-0.05, 0) is 57.9 Å². The van der Waals surface area contributed by atoms with Gasteiger partial charge in [0.15, 0.2) is 0 Å². The summed E-state index contributed by atoms with van der Waals surface area (Å²) in [5.41, 5.74) is 3.78. The van der Waals surface area contributed by atoms with Crippen LogP contribution in [0.4, 0.5) is 0 Å². The van der Waals surface area contributed by atoms with Crippen LogP contribution in [-0.2, 0) is 13.0 Å². The molecule has 0 saturated heterocycles. The van der Waals surface area contributed by atoms with E-state index in [1.807, 2.05) is 48.5 Å². The number of nitrogens with one attached hydrogen (secondary N) is 1. The normalized spacial score (nSPS) is 11.0. The van der Waals surface area contributed by atoms with Crippen LogP contribution in [0.25, 0.3) is 10.2 Å². The third-order valence-electron chi connectivity index (χ3n) is 4.68. The van der Waals surface area contributed by atoms with Crippen LogP contribution in [0.3, 0.4) is 0 Å². The molecular weight excluding hydrogens is 450 g/mol. The van der Waals surface area contributed by atoms with Gasteiger partial charge >= 0.3 is 0 Å². The SMILES string of the molecule is COc1ccc(Cn2c(C(=O)NCCc3ccccn3)cc3sc(Br)cc32)cc1. The van der Waals surface area contributed by atoms with Gasteiger partial charge in [-0.15, -0.1) is 11.3 Å². The minimum absolute atomic E-state index is 0.0750. The molecule has 1 aromatic carbocycles. The van der Waals surface area contributed by atoms with Crippen LogP contribution >= 0.6 is 27.3 Å². The van der Waals surface area contributed by atoms with E-state index in [9.17, 15) is 4.79 Å². The monoisotopic (exact) mass is 469 g/mol. The number of rotatable bonds is 7. The van der Waals surface area contributed by atoms with Crippen molar-refractivity contribution in [1.82, 2.24) is 14.9 Å². The Balaban J connectivity index is 1.55. The predicted molar refractivity (Wildman–Crippen MR) is 120 cm³/mol. The molecule has 0 unspecified atom stereocenters. The highest BCUT2D eigenvalue weighted by atomic mass is 79.9. The second-order valence-electron chi connectivity index (χ2n) is 6.59. The molecule has 0 bridgehead atoms. The summed E-state index contributed by atoms with van der Waals surface area (Å²) in [7, 11) is 1.65. The summed E-state index contributed by atoms with van der Waals surface area (Å²) in [6.07, 6.45) is 2.47. The lowest BCUT2D eigenvalue weighted by Gasteiger charge is -2.11. The van der Waals surface area contributed by atoms with E-state index in [2.05, 4.69) is 36.9 Å². The first-order valence-corrected chi connectivity index (χ1v) is 10.8. The van der Waals surface area contributed by atoms with Crippen molar-refractivity contribution < 1.29 is 9.53 Å². The molecule has 0 fully saturated rings. The van der Waals surface area contributed by atoms with Crippen LogP contribution < -0.4 is 10.1 Å². The van der Waals surface area contributed by atoms with E-state index in [0.29, 0.717) is 25.2 Å². The maximum Gasteiger partial charge on any atom is 0.267 e. The van der Waals surface area contributed by atoms with E-state index in [-0.39, 0.29) is 5.91 Å². The van der Waals surface area contributed by atoms with Crippen molar-refractivity contribution in [3.8, 4) is 5.75 Å². The van der Waals surface area contributed by atoms with Gasteiger partial charge in [-0.3, -0.25) is 9.78 Å². The molecule has 148 valence electrons. The van der Waals surface area contributed by atoms with Gasteiger partial charge in [0.25, 0.3) is 5.91 Å². The van der Waals surface area contributed by atoms with Crippen LogP contribution in [0.5, 0.6) is 5.75 Å². The van der Waals surface area contributed by atoms with Gasteiger partial charge in [0.2, 0.25) is 0 Å². The molecule has 0 radical (unpaired) electrons. The topological polar surface area (TPSA) is 56.1 Å². The zero-order valence-electron chi connectivity index (χ0n) is 15.9. The molecule has 3 heterocycles.